The molecule has 3 aliphatic rings. The summed E-state index contributed by atoms with van der Waals surface area (Å²) in [6.45, 7) is 16.3. The van der Waals surface area contributed by atoms with Crippen molar-refractivity contribution in [3.8, 4) is 17.1 Å². The Kier molecular flexibility index (Phi) is 22.5. The number of pyridine rings is 6. The Balaban J connectivity index is 0.000000144. The summed E-state index contributed by atoms with van der Waals surface area (Å²) in [5, 5.41) is 28.1. The number of hydrogen-bond acceptors (Lipinski definition) is 23. The van der Waals surface area contributed by atoms with E-state index in [1.54, 1.807) is 153 Å². The van der Waals surface area contributed by atoms with Gasteiger partial charge in [0.1, 0.15) is 67.9 Å². The number of carbonyl (C=O) groups is 5. The molecule has 0 spiro atoms. The number of aryl methyl sites for hydroxylation is 3. The highest BCUT2D eigenvalue weighted by Gasteiger charge is 2.32. The molecule has 12 aromatic rings. The first-order valence-corrected chi connectivity index (χ1v) is 36.1. The minimum atomic E-state index is -0.714. The van der Waals surface area contributed by atoms with Crippen LogP contribution < -0.4 is 58.8 Å². The Morgan fingerprint density at radius 1 is 0.523 bits per heavy atom. The number of Topliss-reactive ketones (excluding diaryl/α,β-unsaturated/α-hetero) is 1. The quantitative estimate of drug-likeness (QED) is 0.0364. The van der Waals surface area contributed by atoms with Gasteiger partial charge in [-0.25, -0.2) is 24.5 Å². The van der Waals surface area contributed by atoms with Gasteiger partial charge in [-0.05, 0) is 180 Å². The first-order chi connectivity index (χ1) is 52.9. The van der Waals surface area contributed by atoms with Crippen LogP contribution in [0.15, 0.2) is 161 Å². The SMILES string of the molecule is CN(C(=O)OC(C)(C)C)c1cc(Cl)nc2c(C(=O)NC3CC3)cnn12.CNc1cc(Nc2cccn(-c3ccc(C)nc3)c2=O)nc2c(C(=O)NC3CC3)cnn12.Cc1ccc(-n2cccc(N)c2=O)cn1.Cc1ccc(-n2cccc(Nc3cc(N(C)C(=O)OC(C)(C)C)n4ncc(C(=O)CC5CC5)c4n3)c2=O)cn1. The average Bonchev–Trinajstić information content (AvgIpc) is 1.67. The Morgan fingerprint density at radius 2 is 0.928 bits per heavy atom. The second-order valence-corrected chi connectivity index (χ2v) is 29.2. The number of ketones is 1. The van der Waals surface area contributed by atoms with E-state index in [0.29, 0.717) is 75.0 Å². The van der Waals surface area contributed by atoms with Gasteiger partial charge in [-0.1, -0.05) is 11.6 Å². The summed E-state index contributed by atoms with van der Waals surface area (Å²) in [6.07, 6.45) is 19.6. The summed E-state index contributed by atoms with van der Waals surface area (Å²) in [7, 11) is 4.86. The van der Waals surface area contributed by atoms with Crippen LogP contribution in [0.3, 0.4) is 0 Å². The number of fused-ring (bicyclic) bond motifs is 3. The van der Waals surface area contributed by atoms with Gasteiger partial charge in [-0.15, -0.1) is 0 Å². The highest BCUT2D eigenvalue weighted by atomic mass is 35.5. The van der Waals surface area contributed by atoms with Crippen molar-refractivity contribution in [3.63, 3.8) is 0 Å². The van der Waals surface area contributed by atoms with Gasteiger partial charge in [0.2, 0.25) is 0 Å². The predicted molar refractivity (Wildman–Crippen MR) is 420 cm³/mol. The van der Waals surface area contributed by atoms with Crippen molar-refractivity contribution in [1.29, 1.82) is 0 Å². The summed E-state index contributed by atoms with van der Waals surface area (Å²) < 4.78 is 19.8. The van der Waals surface area contributed by atoms with E-state index in [-0.39, 0.29) is 80.0 Å². The van der Waals surface area contributed by atoms with Crippen LogP contribution in [0.25, 0.3) is 34.0 Å². The maximum absolute atomic E-state index is 13.3. The molecule has 0 radical (unpaired) electrons. The van der Waals surface area contributed by atoms with Gasteiger partial charge in [-0.3, -0.25) is 67.2 Å². The molecule has 7 N–H and O–H groups in total. The lowest BCUT2D eigenvalue weighted by molar-refractivity contribution is 0.0577. The van der Waals surface area contributed by atoms with E-state index in [4.69, 9.17) is 26.8 Å². The van der Waals surface area contributed by atoms with Crippen LogP contribution >= 0.6 is 11.6 Å². The molecule has 33 nitrogen and oxygen atoms in total. The third-order valence-electron chi connectivity index (χ3n) is 17.3. The molecule has 12 aromatic heterocycles. The Bertz CT molecular complexity index is 5690. The monoisotopic (exact) mass is 1530 g/mol. The second-order valence-electron chi connectivity index (χ2n) is 28.8. The predicted octanol–water partition coefficient (Wildman–Crippen LogP) is 10.7. The smallest absolute Gasteiger partial charge is 0.415 e. The van der Waals surface area contributed by atoms with Crippen molar-refractivity contribution in [2.75, 3.05) is 52.6 Å². The topological polar surface area (TPSA) is 392 Å². The molecule has 0 atom stereocenters. The molecule has 12 heterocycles. The van der Waals surface area contributed by atoms with Crippen LogP contribution in [-0.2, 0) is 9.47 Å². The molecule has 0 aliphatic heterocycles. The highest BCUT2D eigenvalue weighted by Crippen LogP contribution is 2.35. The van der Waals surface area contributed by atoms with E-state index in [1.165, 1.54) is 57.2 Å². The molecule has 34 heteroatoms. The number of hydrogen-bond donors (Lipinski definition) is 6. The van der Waals surface area contributed by atoms with Gasteiger partial charge in [0.05, 0.1) is 65.5 Å². The number of amides is 4. The number of nitrogens with two attached hydrogens (primary N) is 1. The van der Waals surface area contributed by atoms with Crippen molar-refractivity contribution in [1.82, 2.24) is 83.1 Å². The van der Waals surface area contributed by atoms with E-state index in [0.717, 1.165) is 61.3 Å². The Hall–Kier alpha value is -13.2. The number of ether oxygens (including phenoxy) is 2. The van der Waals surface area contributed by atoms with Gasteiger partial charge in [0.15, 0.2) is 22.7 Å². The van der Waals surface area contributed by atoms with Crippen LogP contribution in [0.4, 0.5) is 55.7 Å². The van der Waals surface area contributed by atoms with E-state index >= 15 is 0 Å². The van der Waals surface area contributed by atoms with E-state index in [1.807, 2.05) is 57.2 Å². The highest BCUT2D eigenvalue weighted by molar-refractivity contribution is 6.30. The van der Waals surface area contributed by atoms with Crippen LogP contribution in [-0.4, -0.2) is 147 Å². The van der Waals surface area contributed by atoms with Crippen LogP contribution in [0, 0.1) is 26.7 Å². The zero-order valence-corrected chi connectivity index (χ0v) is 63.9. The Morgan fingerprint density at radius 3 is 1.35 bits per heavy atom. The standard InChI is InChI=1S/C28H31N7O4.C22H22N8O2.C16H20ClN5O3.C11H11N3O/c1-17-8-11-19(15-29-17)34-12-6-7-21(26(34)37)31-23-14-24(33(5)27(38)39-28(2,3)4)35-25(32-23)20(16-30-35)22(36)13-18-9-10-18;1-13-5-8-15(11-24-13)29-9-3-4-17(22(29)32)27-18-10-19(23-2)30-20(28-18)16(12-25-30)21(31)26-14-6-7-14;1-16(2,3)25-15(24)21(4)12-7-11(17)20-13-10(8-18-22(12)13)14(23)19-9-5-6-9;1-8-4-5-9(7-13-8)14-6-2-3-10(12)11(14)15/h6-8,11-12,14-16,18H,9-10,13H2,1-5H3,(H,31,32);3-5,8-12,14,23H,6-7H2,1-2H3,(H,26,31)(H,27,28);7-9H,5-6H2,1-4H3,(H,19,23);2-7H,12H2,1H3. The molecule has 574 valence electrons. The minimum Gasteiger partial charge on any atom is -0.443 e. The summed E-state index contributed by atoms with van der Waals surface area (Å²) >= 11 is 6.09. The second kappa shape index (κ2) is 32.3. The van der Waals surface area contributed by atoms with Crippen LogP contribution in [0.5, 0.6) is 0 Å². The van der Waals surface area contributed by atoms with Crippen LogP contribution in [0.1, 0.15) is 135 Å². The number of nitrogens with zero attached hydrogens (tertiary/aromatic N) is 17. The number of aromatic nitrogens is 15. The average molecular weight is 1530 g/mol. The number of rotatable bonds is 17. The third kappa shape index (κ3) is 18.9. The van der Waals surface area contributed by atoms with Crippen molar-refractivity contribution >= 4 is 104 Å². The molecule has 3 saturated carbocycles. The molecule has 0 aromatic carbocycles. The van der Waals surface area contributed by atoms with E-state index in [2.05, 4.69) is 71.8 Å². The molecule has 0 saturated heterocycles. The number of nitrogens with one attached hydrogen (secondary N) is 5. The van der Waals surface area contributed by atoms with Gasteiger partial charge in [0, 0.05) is 93.5 Å². The maximum atomic E-state index is 13.3. The third-order valence-corrected chi connectivity index (χ3v) is 17.5. The molecule has 0 bridgehead atoms. The van der Waals surface area contributed by atoms with Gasteiger partial charge in [-0.2, -0.15) is 28.8 Å². The molecule has 3 fully saturated rings. The van der Waals surface area contributed by atoms with Crippen LogP contribution in [0.2, 0.25) is 5.15 Å². The molecule has 0 unspecified atom stereocenters. The van der Waals surface area contributed by atoms with E-state index < -0.39 is 23.4 Å². The van der Waals surface area contributed by atoms with Gasteiger partial charge < -0.3 is 41.8 Å². The summed E-state index contributed by atoms with van der Waals surface area (Å²) in [5.41, 5.74) is 10.9. The van der Waals surface area contributed by atoms with Gasteiger partial charge in [0.25, 0.3) is 28.5 Å². The van der Waals surface area contributed by atoms with E-state index in [9.17, 15) is 38.4 Å². The van der Waals surface area contributed by atoms with Gasteiger partial charge >= 0.3 is 12.2 Å². The normalized spacial score (nSPS) is 13.1. The van der Waals surface area contributed by atoms with Crippen molar-refractivity contribution in [3.05, 3.63) is 217 Å². The fourth-order valence-electron chi connectivity index (χ4n) is 11.0. The minimum absolute atomic E-state index is 0.0584. The maximum Gasteiger partial charge on any atom is 0.415 e. The summed E-state index contributed by atoms with van der Waals surface area (Å²) in [6, 6.07) is 26.4. The summed E-state index contributed by atoms with van der Waals surface area (Å²) in [5.74, 6) is 1.86. The first kappa shape index (κ1) is 77.4. The number of halogens is 1. The number of nitrogen functional groups attached to an aromatic ring is 1. The molecule has 111 heavy (non-hydrogen) atoms. The molecular weight excluding hydrogens is 1440 g/mol. The number of carbonyl (C=O) groups excluding carboxylic acids is 5. The van der Waals surface area contributed by atoms with Crippen molar-refractivity contribution in [2.24, 2.45) is 5.92 Å². The summed E-state index contributed by atoms with van der Waals surface area (Å²) in [4.78, 5) is 130. The lowest BCUT2D eigenvalue weighted by Crippen LogP contribution is -2.35. The van der Waals surface area contributed by atoms with Crippen molar-refractivity contribution in [2.45, 2.75) is 131 Å². The lowest BCUT2D eigenvalue weighted by Gasteiger charge is -2.25. The molecule has 4 amide bonds. The Labute approximate surface area is 640 Å². The number of anilines is 8. The van der Waals surface area contributed by atoms with Crippen molar-refractivity contribution < 1.29 is 33.4 Å². The fraction of sp³-hybridized carbons (Fsp3) is 0.312. The zero-order valence-electron chi connectivity index (χ0n) is 63.2. The first-order valence-electron chi connectivity index (χ1n) is 35.7. The molecule has 3 aliphatic carbocycles. The zero-order chi connectivity index (χ0) is 79.3. The lowest BCUT2D eigenvalue weighted by atomic mass is 10.1. The molecular formula is C77H84ClN23O10. The molecule has 15 rings (SSSR count). The fourth-order valence-corrected chi connectivity index (χ4v) is 11.2. The largest absolute Gasteiger partial charge is 0.443 e.